The predicted molar refractivity (Wildman–Crippen MR) is 81.3 cm³/mol. The first-order valence-electron chi connectivity index (χ1n) is 6.90. The Hall–Kier alpha value is -1.02. The van der Waals surface area contributed by atoms with Crippen LogP contribution in [-0.2, 0) is 0 Å². The van der Waals surface area contributed by atoms with Gasteiger partial charge in [0.2, 0.25) is 0 Å². The van der Waals surface area contributed by atoms with Crippen molar-refractivity contribution in [3.05, 3.63) is 28.8 Å². The molecule has 0 unspecified atom stereocenters. The van der Waals surface area contributed by atoms with E-state index in [1.54, 1.807) is 12.1 Å². The number of rotatable bonds is 3. The Kier molecular flexibility index (Phi) is 4.19. The minimum absolute atomic E-state index is 0.458. The fourth-order valence-electron chi connectivity index (χ4n) is 2.89. The van der Waals surface area contributed by atoms with Crippen LogP contribution < -0.4 is 4.90 Å². The van der Waals surface area contributed by atoms with Gasteiger partial charge in [-0.15, -0.1) is 0 Å². The van der Waals surface area contributed by atoms with Gasteiger partial charge in [0.25, 0.3) is 0 Å². The minimum Gasteiger partial charge on any atom is -0.371 e. The molecule has 1 aromatic carbocycles. The Balaban J connectivity index is 2.18. The van der Waals surface area contributed by atoms with Crippen molar-refractivity contribution in [2.45, 2.75) is 45.6 Å². The molecule has 0 atom stereocenters. The third kappa shape index (κ3) is 3.30. The molecule has 0 amide bonds. The molecule has 0 aromatic heterocycles. The smallest absolute Gasteiger partial charge is 0.152 e. The number of hydrogen-bond donors (Lipinski definition) is 0. The second-order valence-electron chi connectivity index (χ2n) is 6.33. The highest BCUT2D eigenvalue weighted by atomic mass is 35.5. The van der Waals surface area contributed by atoms with Gasteiger partial charge in [0, 0.05) is 29.4 Å². The third-order valence-electron chi connectivity index (χ3n) is 4.36. The van der Waals surface area contributed by atoms with E-state index in [1.165, 1.54) is 25.7 Å². The number of anilines is 1. The lowest BCUT2D eigenvalue weighted by Crippen LogP contribution is -2.37. The lowest BCUT2D eigenvalue weighted by molar-refractivity contribution is 0.112. The summed E-state index contributed by atoms with van der Waals surface area (Å²) in [6.45, 7) is 4.67. The number of hydrogen-bond acceptors (Lipinski definition) is 2. The van der Waals surface area contributed by atoms with E-state index in [-0.39, 0.29) is 0 Å². The summed E-state index contributed by atoms with van der Waals surface area (Å²) in [6, 6.07) is 5.97. The molecule has 1 saturated carbocycles. The van der Waals surface area contributed by atoms with Gasteiger partial charge in [0.1, 0.15) is 0 Å². The van der Waals surface area contributed by atoms with Crippen LogP contribution >= 0.6 is 11.6 Å². The maximum absolute atomic E-state index is 11.2. The first-order valence-corrected chi connectivity index (χ1v) is 7.28. The fraction of sp³-hybridized carbons (Fsp3) is 0.562. The van der Waals surface area contributed by atoms with E-state index in [0.29, 0.717) is 16.5 Å². The van der Waals surface area contributed by atoms with Crippen LogP contribution in [0.25, 0.3) is 0 Å². The van der Waals surface area contributed by atoms with Gasteiger partial charge >= 0.3 is 0 Å². The van der Waals surface area contributed by atoms with E-state index in [1.807, 2.05) is 6.07 Å². The Morgan fingerprint density at radius 2 is 1.95 bits per heavy atom. The minimum atomic E-state index is 0.458. The zero-order valence-electron chi connectivity index (χ0n) is 11.9. The molecule has 19 heavy (non-hydrogen) atoms. The SMILES string of the molecule is CN(c1cc(Cl)ccc1C=O)C1CCC(C)(C)CC1. The summed E-state index contributed by atoms with van der Waals surface area (Å²) in [5.74, 6) is 0. The molecule has 1 aromatic rings. The normalized spacial score (nSPS) is 19.2. The Morgan fingerprint density at radius 3 is 2.53 bits per heavy atom. The first kappa shape index (κ1) is 14.4. The molecule has 0 saturated heterocycles. The number of nitrogens with zero attached hydrogens (tertiary/aromatic N) is 1. The highest BCUT2D eigenvalue weighted by Crippen LogP contribution is 2.38. The van der Waals surface area contributed by atoms with Crippen molar-refractivity contribution in [2.75, 3.05) is 11.9 Å². The summed E-state index contributed by atoms with van der Waals surface area (Å²) in [7, 11) is 2.07. The number of halogens is 1. The molecule has 1 aliphatic rings. The van der Waals surface area contributed by atoms with E-state index in [4.69, 9.17) is 11.6 Å². The van der Waals surface area contributed by atoms with Crippen LogP contribution in [0.3, 0.4) is 0 Å². The van der Waals surface area contributed by atoms with Gasteiger partial charge in [-0.3, -0.25) is 4.79 Å². The van der Waals surface area contributed by atoms with Gasteiger partial charge in [0.15, 0.2) is 6.29 Å². The van der Waals surface area contributed by atoms with Crippen LogP contribution in [0.1, 0.15) is 49.9 Å². The van der Waals surface area contributed by atoms with E-state index in [0.717, 1.165) is 17.5 Å². The predicted octanol–water partition coefficient (Wildman–Crippen LogP) is 4.56. The molecule has 2 rings (SSSR count). The fourth-order valence-corrected chi connectivity index (χ4v) is 3.06. The van der Waals surface area contributed by atoms with Crippen molar-refractivity contribution in [1.82, 2.24) is 0 Å². The molecular formula is C16H22ClNO. The molecule has 1 fully saturated rings. The van der Waals surface area contributed by atoms with E-state index in [2.05, 4.69) is 25.8 Å². The lowest BCUT2D eigenvalue weighted by Gasteiger charge is -2.40. The number of carbonyl (C=O) groups is 1. The molecule has 0 N–H and O–H groups in total. The number of carbonyl (C=O) groups excluding carboxylic acids is 1. The lowest BCUT2D eigenvalue weighted by atomic mass is 9.75. The molecule has 3 heteroatoms. The van der Waals surface area contributed by atoms with Crippen LogP contribution in [0.4, 0.5) is 5.69 Å². The van der Waals surface area contributed by atoms with Gasteiger partial charge in [-0.05, 0) is 49.3 Å². The summed E-state index contributed by atoms with van der Waals surface area (Å²) in [5, 5.41) is 0.684. The van der Waals surface area contributed by atoms with E-state index >= 15 is 0 Å². The van der Waals surface area contributed by atoms with Crippen LogP contribution in [-0.4, -0.2) is 19.4 Å². The molecule has 0 radical (unpaired) electrons. The van der Waals surface area contributed by atoms with Crippen molar-refractivity contribution < 1.29 is 4.79 Å². The van der Waals surface area contributed by atoms with Gasteiger partial charge < -0.3 is 4.90 Å². The topological polar surface area (TPSA) is 20.3 Å². The van der Waals surface area contributed by atoms with Gasteiger partial charge in [-0.25, -0.2) is 0 Å². The highest BCUT2D eigenvalue weighted by molar-refractivity contribution is 6.31. The molecule has 2 nitrogen and oxygen atoms in total. The molecule has 0 heterocycles. The number of benzene rings is 1. The monoisotopic (exact) mass is 279 g/mol. The largest absolute Gasteiger partial charge is 0.371 e. The van der Waals surface area contributed by atoms with Crippen molar-refractivity contribution in [3.8, 4) is 0 Å². The summed E-state index contributed by atoms with van der Waals surface area (Å²) < 4.78 is 0. The molecular weight excluding hydrogens is 258 g/mol. The molecule has 0 aliphatic heterocycles. The maximum atomic E-state index is 11.2. The summed E-state index contributed by atoms with van der Waals surface area (Å²) in [4.78, 5) is 13.4. The summed E-state index contributed by atoms with van der Waals surface area (Å²) in [6.07, 6.45) is 5.73. The quantitative estimate of drug-likeness (QED) is 0.756. The Labute approximate surface area is 120 Å². The summed E-state index contributed by atoms with van der Waals surface area (Å²) in [5.41, 5.74) is 2.13. The standard InChI is InChI=1S/C16H22ClNO/c1-16(2)8-6-14(7-9-16)18(3)15-10-13(17)5-4-12(15)11-19/h4-5,10-11,14H,6-9H2,1-3H3. The first-order chi connectivity index (χ1) is 8.93. The third-order valence-corrected chi connectivity index (χ3v) is 4.59. The van der Waals surface area contributed by atoms with Gasteiger partial charge in [-0.1, -0.05) is 25.4 Å². The van der Waals surface area contributed by atoms with Crippen molar-refractivity contribution in [2.24, 2.45) is 5.41 Å². The van der Waals surface area contributed by atoms with Crippen molar-refractivity contribution >= 4 is 23.6 Å². The average molecular weight is 280 g/mol. The van der Waals surface area contributed by atoms with Crippen LogP contribution in [0.2, 0.25) is 5.02 Å². The summed E-state index contributed by atoms with van der Waals surface area (Å²) >= 11 is 6.06. The van der Waals surface area contributed by atoms with E-state index in [9.17, 15) is 4.79 Å². The molecule has 104 valence electrons. The second-order valence-corrected chi connectivity index (χ2v) is 6.76. The van der Waals surface area contributed by atoms with Crippen molar-refractivity contribution in [3.63, 3.8) is 0 Å². The van der Waals surface area contributed by atoms with Crippen LogP contribution in [0.15, 0.2) is 18.2 Å². The zero-order chi connectivity index (χ0) is 14.0. The number of aldehydes is 1. The Morgan fingerprint density at radius 1 is 1.32 bits per heavy atom. The molecule has 0 spiro atoms. The van der Waals surface area contributed by atoms with E-state index < -0.39 is 0 Å². The Bertz CT molecular complexity index is 460. The average Bonchev–Trinajstić information content (AvgIpc) is 2.38. The molecule has 0 bridgehead atoms. The highest BCUT2D eigenvalue weighted by Gasteiger charge is 2.29. The molecule has 1 aliphatic carbocycles. The maximum Gasteiger partial charge on any atom is 0.152 e. The van der Waals surface area contributed by atoms with Gasteiger partial charge in [0.05, 0.1) is 0 Å². The second kappa shape index (κ2) is 5.54. The van der Waals surface area contributed by atoms with Gasteiger partial charge in [-0.2, -0.15) is 0 Å². The van der Waals surface area contributed by atoms with Crippen LogP contribution in [0.5, 0.6) is 0 Å². The zero-order valence-corrected chi connectivity index (χ0v) is 12.7. The van der Waals surface area contributed by atoms with Crippen molar-refractivity contribution in [1.29, 1.82) is 0 Å². The van der Waals surface area contributed by atoms with Crippen LogP contribution in [0, 0.1) is 5.41 Å².